The van der Waals surface area contributed by atoms with Gasteiger partial charge in [-0.2, -0.15) is 0 Å². The smallest absolute Gasteiger partial charge is 0.226 e. The summed E-state index contributed by atoms with van der Waals surface area (Å²) in [5.41, 5.74) is 0.891. The molecule has 2 rings (SSSR count). The van der Waals surface area contributed by atoms with Gasteiger partial charge in [-0.15, -0.1) is 11.3 Å². The van der Waals surface area contributed by atoms with Crippen LogP contribution in [0.4, 0.5) is 0 Å². The number of nitrogens with one attached hydrogen (secondary N) is 1. The van der Waals surface area contributed by atoms with Crippen LogP contribution in [0.25, 0.3) is 0 Å². The summed E-state index contributed by atoms with van der Waals surface area (Å²) in [5, 5.41) is 6.13. The van der Waals surface area contributed by atoms with Crippen LogP contribution >= 0.6 is 11.3 Å². The van der Waals surface area contributed by atoms with Crippen molar-refractivity contribution in [2.45, 2.75) is 26.2 Å². The monoisotopic (exact) mass is 311 g/mol. The fraction of sp³-hybridized carbons (Fsp3) is 0.733. The first kappa shape index (κ1) is 16.4. The number of aryl methyl sites for hydroxylation is 1. The summed E-state index contributed by atoms with van der Waals surface area (Å²) in [5.74, 6) is 0.644. The van der Waals surface area contributed by atoms with Crippen molar-refractivity contribution in [2.75, 3.05) is 39.9 Å². The van der Waals surface area contributed by atoms with Crippen LogP contribution in [0.5, 0.6) is 0 Å². The van der Waals surface area contributed by atoms with Gasteiger partial charge in [0, 0.05) is 32.1 Å². The first-order valence-corrected chi connectivity index (χ1v) is 8.50. The van der Waals surface area contributed by atoms with Gasteiger partial charge in [0.25, 0.3) is 0 Å². The molecule has 1 amide bonds. The van der Waals surface area contributed by atoms with Crippen molar-refractivity contribution in [1.29, 1.82) is 0 Å². The number of likely N-dealkylation sites (tertiary alicyclic amines) is 1. The molecule has 0 unspecified atom stereocenters. The standard InChI is InChI=1S/C15H25N3O2S/c1-3-15-17-13(11-21-15)8-14(19)16-9-12-4-5-18(10-12)6-7-20-2/h11-12H,3-10H2,1-2H3,(H,16,19)/t12-/m0/s1. The summed E-state index contributed by atoms with van der Waals surface area (Å²) in [6, 6.07) is 0. The zero-order chi connectivity index (χ0) is 15.1. The number of thiazole rings is 1. The van der Waals surface area contributed by atoms with Gasteiger partial charge in [0.1, 0.15) is 0 Å². The Labute approximate surface area is 130 Å². The first-order chi connectivity index (χ1) is 10.2. The molecule has 0 radical (unpaired) electrons. The summed E-state index contributed by atoms with van der Waals surface area (Å²) in [6.07, 6.45) is 2.49. The predicted molar refractivity (Wildman–Crippen MR) is 84.6 cm³/mol. The van der Waals surface area contributed by atoms with E-state index in [0.29, 0.717) is 12.3 Å². The molecule has 0 saturated carbocycles. The van der Waals surface area contributed by atoms with E-state index in [9.17, 15) is 4.79 Å². The van der Waals surface area contributed by atoms with Crippen LogP contribution in [0.15, 0.2) is 5.38 Å². The zero-order valence-electron chi connectivity index (χ0n) is 12.9. The molecule has 6 heteroatoms. The minimum absolute atomic E-state index is 0.0818. The van der Waals surface area contributed by atoms with E-state index in [2.05, 4.69) is 22.1 Å². The van der Waals surface area contributed by atoms with E-state index in [4.69, 9.17) is 4.74 Å². The van der Waals surface area contributed by atoms with Crippen molar-refractivity contribution in [1.82, 2.24) is 15.2 Å². The molecule has 0 aliphatic carbocycles. The van der Waals surface area contributed by atoms with Crippen molar-refractivity contribution in [3.63, 3.8) is 0 Å². The van der Waals surface area contributed by atoms with Crippen molar-refractivity contribution in [3.8, 4) is 0 Å². The van der Waals surface area contributed by atoms with Crippen LogP contribution in [0.3, 0.4) is 0 Å². The molecule has 118 valence electrons. The average Bonchev–Trinajstić information content (AvgIpc) is 3.12. The second-order valence-corrected chi connectivity index (χ2v) is 6.46. The number of nitrogens with zero attached hydrogens (tertiary/aromatic N) is 2. The summed E-state index contributed by atoms with van der Waals surface area (Å²) >= 11 is 1.63. The van der Waals surface area contributed by atoms with E-state index in [0.717, 1.165) is 56.3 Å². The number of rotatable bonds is 8. The van der Waals surface area contributed by atoms with Crippen LogP contribution in [0, 0.1) is 5.92 Å². The van der Waals surface area contributed by atoms with Crippen LogP contribution in [-0.2, 0) is 22.4 Å². The Morgan fingerprint density at radius 2 is 2.48 bits per heavy atom. The van der Waals surface area contributed by atoms with Crippen LogP contribution in [0.1, 0.15) is 24.0 Å². The molecule has 1 aliphatic rings. The Morgan fingerprint density at radius 3 is 3.19 bits per heavy atom. The Balaban J connectivity index is 1.65. The van der Waals surface area contributed by atoms with E-state index in [1.54, 1.807) is 18.4 Å². The van der Waals surface area contributed by atoms with Gasteiger partial charge in [0.05, 0.1) is 23.7 Å². The molecule has 0 bridgehead atoms. The average molecular weight is 311 g/mol. The van der Waals surface area contributed by atoms with Gasteiger partial charge >= 0.3 is 0 Å². The molecular formula is C15H25N3O2S. The largest absolute Gasteiger partial charge is 0.383 e. The lowest BCUT2D eigenvalue weighted by atomic mass is 10.1. The topological polar surface area (TPSA) is 54.5 Å². The molecular weight excluding hydrogens is 286 g/mol. The van der Waals surface area contributed by atoms with E-state index >= 15 is 0 Å². The predicted octanol–water partition coefficient (Wildman–Crippen LogP) is 1.33. The van der Waals surface area contributed by atoms with Gasteiger partial charge in [0.2, 0.25) is 5.91 Å². The van der Waals surface area contributed by atoms with Gasteiger partial charge in [-0.3, -0.25) is 4.79 Å². The van der Waals surface area contributed by atoms with Crippen molar-refractivity contribution >= 4 is 17.2 Å². The van der Waals surface area contributed by atoms with Crippen LogP contribution < -0.4 is 5.32 Å². The highest BCUT2D eigenvalue weighted by molar-refractivity contribution is 7.09. The highest BCUT2D eigenvalue weighted by atomic mass is 32.1. The molecule has 21 heavy (non-hydrogen) atoms. The van der Waals surface area contributed by atoms with Crippen molar-refractivity contribution < 1.29 is 9.53 Å². The third-order valence-corrected chi connectivity index (χ3v) is 4.85. The number of carbonyl (C=O) groups is 1. The number of ether oxygens (including phenoxy) is 1. The molecule has 1 atom stereocenters. The van der Waals surface area contributed by atoms with Gasteiger partial charge in [0.15, 0.2) is 0 Å². The summed E-state index contributed by atoms with van der Waals surface area (Å²) < 4.78 is 5.10. The molecule has 1 aromatic heterocycles. The Bertz CT molecular complexity index is 450. The van der Waals surface area contributed by atoms with Crippen molar-refractivity contribution in [3.05, 3.63) is 16.1 Å². The Hall–Kier alpha value is -0.980. The molecule has 5 nitrogen and oxygen atoms in total. The van der Waals surface area contributed by atoms with E-state index in [1.165, 1.54) is 0 Å². The van der Waals surface area contributed by atoms with Crippen LogP contribution in [-0.4, -0.2) is 55.7 Å². The quantitative estimate of drug-likeness (QED) is 0.787. The second kappa shape index (κ2) is 8.46. The summed E-state index contributed by atoms with van der Waals surface area (Å²) in [6.45, 7) is 6.78. The normalized spacial score (nSPS) is 19.0. The van der Waals surface area contributed by atoms with Gasteiger partial charge < -0.3 is 15.0 Å². The first-order valence-electron chi connectivity index (χ1n) is 7.62. The third-order valence-electron chi connectivity index (χ3n) is 3.81. The number of aromatic nitrogens is 1. The van der Waals surface area contributed by atoms with Gasteiger partial charge in [-0.05, 0) is 25.3 Å². The molecule has 1 aromatic rings. The fourth-order valence-corrected chi connectivity index (χ4v) is 3.33. The van der Waals surface area contributed by atoms with E-state index in [-0.39, 0.29) is 5.91 Å². The lowest BCUT2D eigenvalue weighted by molar-refractivity contribution is -0.120. The second-order valence-electron chi connectivity index (χ2n) is 5.52. The maximum Gasteiger partial charge on any atom is 0.226 e. The lowest BCUT2D eigenvalue weighted by Crippen LogP contribution is -2.32. The van der Waals surface area contributed by atoms with Crippen LogP contribution in [0.2, 0.25) is 0 Å². The Kier molecular flexibility index (Phi) is 6.60. The summed E-state index contributed by atoms with van der Waals surface area (Å²) in [4.78, 5) is 18.8. The minimum atomic E-state index is 0.0818. The Morgan fingerprint density at radius 1 is 1.62 bits per heavy atom. The molecule has 1 fully saturated rings. The number of hydrogen-bond acceptors (Lipinski definition) is 5. The maximum atomic E-state index is 11.9. The highest BCUT2D eigenvalue weighted by Gasteiger charge is 2.22. The molecule has 0 spiro atoms. The highest BCUT2D eigenvalue weighted by Crippen LogP contribution is 2.15. The van der Waals surface area contributed by atoms with E-state index < -0.39 is 0 Å². The number of carbonyl (C=O) groups excluding carboxylic acids is 1. The molecule has 1 aliphatic heterocycles. The van der Waals surface area contributed by atoms with Gasteiger partial charge in [-0.25, -0.2) is 4.98 Å². The number of amides is 1. The molecule has 0 aromatic carbocycles. The maximum absolute atomic E-state index is 11.9. The molecule has 1 N–H and O–H groups in total. The van der Waals surface area contributed by atoms with E-state index in [1.807, 2.05) is 5.38 Å². The fourth-order valence-electron chi connectivity index (χ4n) is 2.58. The molecule has 1 saturated heterocycles. The SMILES string of the molecule is CCc1nc(CC(=O)NC[C@@H]2CCN(CCOC)C2)cs1. The summed E-state index contributed by atoms with van der Waals surface area (Å²) in [7, 11) is 1.73. The number of hydrogen-bond donors (Lipinski definition) is 1. The third kappa shape index (κ3) is 5.37. The van der Waals surface area contributed by atoms with Crippen molar-refractivity contribution in [2.24, 2.45) is 5.92 Å². The zero-order valence-corrected chi connectivity index (χ0v) is 13.7. The lowest BCUT2D eigenvalue weighted by Gasteiger charge is -2.15. The van der Waals surface area contributed by atoms with Gasteiger partial charge in [-0.1, -0.05) is 6.92 Å². The minimum Gasteiger partial charge on any atom is -0.383 e. The number of methoxy groups -OCH3 is 1. The molecule has 2 heterocycles.